The fourth-order valence-corrected chi connectivity index (χ4v) is 3.71. The quantitative estimate of drug-likeness (QED) is 0.597. The molecule has 0 radical (unpaired) electrons. The average Bonchev–Trinajstić information content (AvgIpc) is 2.75. The largest absolute Gasteiger partial charge is 0.378 e. The number of carbonyl (C=O) groups is 2. The molecule has 2 aromatic carbocycles. The highest BCUT2D eigenvalue weighted by Gasteiger charge is 2.15. The molecule has 0 saturated carbocycles. The maximum absolute atomic E-state index is 12.4. The van der Waals surface area contributed by atoms with Gasteiger partial charge >= 0.3 is 0 Å². The van der Waals surface area contributed by atoms with Gasteiger partial charge in [0.2, 0.25) is 11.8 Å². The summed E-state index contributed by atoms with van der Waals surface area (Å²) in [5.41, 5.74) is 2.89. The number of anilines is 2. The fraction of sp³-hybridized carbons (Fsp3) is 0.391. The zero-order chi connectivity index (χ0) is 22.2. The summed E-state index contributed by atoms with van der Waals surface area (Å²) in [4.78, 5) is 28.6. The van der Waals surface area contributed by atoms with Crippen LogP contribution in [0.15, 0.2) is 53.0 Å². The number of nitrogens with zero attached hydrogens (tertiary/aromatic N) is 2. The molecule has 0 spiro atoms. The van der Waals surface area contributed by atoms with E-state index in [0.717, 1.165) is 47.7 Å². The van der Waals surface area contributed by atoms with Gasteiger partial charge in [-0.15, -0.1) is 0 Å². The Morgan fingerprint density at radius 1 is 1.03 bits per heavy atom. The molecule has 1 heterocycles. The molecule has 1 aliphatic rings. The molecule has 31 heavy (non-hydrogen) atoms. The molecule has 1 saturated heterocycles. The summed E-state index contributed by atoms with van der Waals surface area (Å²) in [5.74, 6) is -0.282. The van der Waals surface area contributed by atoms with Gasteiger partial charge < -0.3 is 20.3 Å². The third-order valence-corrected chi connectivity index (χ3v) is 5.63. The van der Waals surface area contributed by atoms with E-state index in [0.29, 0.717) is 0 Å². The Kier molecular flexibility index (Phi) is 8.45. The predicted octanol–water partition coefficient (Wildman–Crippen LogP) is 3.03. The van der Waals surface area contributed by atoms with Crippen LogP contribution in [0.2, 0.25) is 0 Å². The molecule has 1 atom stereocenters. The Morgan fingerprint density at radius 3 is 2.29 bits per heavy atom. The van der Waals surface area contributed by atoms with Crippen molar-refractivity contribution in [3.8, 4) is 0 Å². The van der Waals surface area contributed by atoms with Crippen molar-refractivity contribution in [1.82, 2.24) is 10.2 Å². The Balaban J connectivity index is 1.42. The minimum atomic E-state index is -0.157. The van der Waals surface area contributed by atoms with Gasteiger partial charge in [0, 0.05) is 28.9 Å². The van der Waals surface area contributed by atoms with E-state index < -0.39 is 0 Å². The molecule has 3 rings (SSSR count). The highest BCUT2D eigenvalue weighted by Crippen LogP contribution is 2.19. The number of halogens is 1. The van der Waals surface area contributed by atoms with Gasteiger partial charge in [-0.25, -0.2) is 0 Å². The first-order valence-corrected chi connectivity index (χ1v) is 11.2. The summed E-state index contributed by atoms with van der Waals surface area (Å²) < 4.78 is 6.37. The van der Waals surface area contributed by atoms with Crippen molar-refractivity contribution in [3.05, 3.63) is 58.6 Å². The van der Waals surface area contributed by atoms with Crippen LogP contribution in [0.25, 0.3) is 0 Å². The number of amides is 2. The standard InChI is InChI=1S/C23H29BrN4O3/c1-17(18-3-5-19(24)6-4-18)25-22(29)15-27(2)16-23(30)26-20-7-9-21(10-8-20)28-11-13-31-14-12-28/h3-10,17H,11-16H2,1-2H3,(H,25,29)(H,26,30)/t17-/m0/s1. The summed E-state index contributed by atoms with van der Waals surface area (Å²) in [6, 6.07) is 15.5. The van der Waals surface area contributed by atoms with Crippen molar-refractivity contribution < 1.29 is 14.3 Å². The molecular weight excluding hydrogens is 460 g/mol. The van der Waals surface area contributed by atoms with Crippen molar-refractivity contribution in [2.75, 3.05) is 56.7 Å². The van der Waals surface area contributed by atoms with Crippen LogP contribution in [-0.4, -0.2) is 63.2 Å². The van der Waals surface area contributed by atoms with Crippen molar-refractivity contribution in [2.24, 2.45) is 0 Å². The second kappa shape index (κ2) is 11.3. The second-order valence-electron chi connectivity index (χ2n) is 7.71. The maximum atomic E-state index is 12.4. The number of morpholine rings is 1. The van der Waals surface area contributed by atoms with E-state index in [1.54, 1.807) is 11.9 Å². The van der Waals surface area contributed by atoms with Crippen LogP contribution in [0.4, 0.5) is 11.4 Å². The summed E-state index contributed by atoms with van der Waals surface area (Å²) in [7, 11) is 1.75. The van der Waals surface area contributed by atoms with Crippen LogP contribution in [-0.2, 0) is 14.3 Å². The van der Waals surface area contributed by atoms with Gasteiger partial charge in [0.05, 0.1) is 32.3 Å². The average molecular weight is 489 g/mol. The van der Waals surface area contributed by atoms with E-state index in [4.69, 9.17) is 4.74 Å². The van der Waals surface area contributed by atoms with Crippen molar-refractivity contribution >= 4 is 39.1 Å². The number of nitrogens with one attached hydrogen (secondary N) is 2. The zero-order valence-electron chi connectivity index (χ0n) is 17.9. The lowest BCUT2D eigenvalue weighted by molar-refractivity contribution is -0.123. The third kappa shape index (κ3) is 7.34. The van der Waals surface area contributed by atoms with Crippen LogP contribution in [0, 0.1) is 0 Å². The molecule has 0 aromatic heterocycles. The number of hydrogen-bond acceptors (Lipinski definition) is 5. The molecule has 1 aliphatic heterocycles. The van der Waals surface area contributed by atoms with Crippen molar-refractivity contribution in [2.45, 2.75) is 13.0 Å². The number of benzene rings is 2. The highest BCUT2D eigenvalue weighted by atomic mass is 79.9. The van der Waals surface area contributed by atoms with Crippen LogP contribution in [0.5, 0.6) is 0 Å². The van der Waals surface area contributed by atoms with Crippen LogP contribution in [0.1, 0.15) is 18.5 Å². The Hall–Kier alpha value is -2.42. The normalized spacial score (nSPS) is 14.9. The summed E-state index contributed by atoms with van der Waals surface area (Å²) >= 11 is 3.41. The topological polar surface area (TPSA) is 73.9 Å². The van der Waals surface area contributed by atoms with Crippen LogP contribution < -0.4 is 15.5 Å². The first-order valence-electron chi connectivity index (χ1n) is 10.4. The van der Waals surface area contributed by atoms with Gasteiger partial charge in [0.25, 0.3) is 0 Å². The fourth-order valence-electron chi connectivity index (χ4n) is 3.45. The molecule has 1 fully saturated rings. The molecule has 8 heteroatoms. The van der Waals surface area contributed by atoms with E-state index in [1.807, 2.05) is 55.5 Å². The van der Waals surface area contributed by atoms with Crippen LogP contribution in [0.3, 0.4) is 0 Å². The zero-order valence-corrected chi connectivity index (χ0v) is 19.5. The maximum Gasteiger partial charge on any atom is 0.238 e. The minimum absolute atomic E-state index is 0.104. The van der Waals surface area contributed by atoms with Gasteiger partial charge in [-0.3, -0.25) is 14.5 Å². The third-order valence-electron chi connectivity index (χ3n) is 5.10. The lowest BCUT2D eigenvalue weighted by atomic mass is 10.1. The molecule has 2 N–H and O–H groups in total. The van der Waals surface area contributed by atoms with E-state index in [9.17, 15) is 9.59 Å². The SMILES string of the molecule is C[C@H](NC(=O)CN(C)CC(=O)Nc1ccc(N2CCOCC2)cc1)c1ccc(Br)cc1. The number of ether oxygens (including phenoxy) is 1. The molecule has 0 aliphatic carbocycles. The van der Waals surface area contributed by atoms with Gasteiger partial charge in [-0.2, -0.15) is 0 Å². The van der Waals surface area contributed by atoms with E-state index in [2.05, 4.69) is 31.5 Å². The molecule has 166 valence electrons. The monoisotopic (exact) mass is 488 g/mol. The lowest BCUT2D eigenvalue weighted by Gasteiger charge is -2.28. The van der Waals surface area contributed by atoms with Crippen molar-refractivity contribution in [1.29, 1.82) is 0 Å². The van der Waals surface area contributed by atoms with E-state index in [1.165, 1.54) is 0 Å². The summed E-state index contributed by atoms with van der Waals surface area (Å²) in [5, 5.41) is 5.85. The number of hydrogen-bond donors (Lipinski definition) is 2. The molecular formula is C23H29BrN4O3. The van der Waals surface area contributed by atoms with Crippen molar-refractivity contribution in [3.63, 3.8) is 0 Å². The predicted molar refractivity (Wildman–Crippen MR) is 126 cm³/mol. The lowest BCUT2D eigenvalue weighted by Crippen LogP contribution is -2.39. The Morgan fingerprint density at radius 2 is 1.65 bits per heavy atom. The second-order valence-corrected chi connectivity index (χ2v) is 8.62. The van der Waals surface area contributed by atoms with Gasteiger partial charge in [-0.05, 0) is 55.9 Å². The smallest absolute Gasteiger partial charge is 0.238 e. The molecule has 2 amide bonds. The number of rotatable bonds is 8. The summed E-state index contributed by atoms with van der Waals surface area (Å²) in [6.07, 6.45) is 0. The first kappa shape index (κ1) is 23.2. The number of likely N-dealkylation sites (N-methyl/N-ethyl adjacent to an activating group) is 1. The Labute approximate surface area is 191 Å². The molecule has 2 aromatic rings. The molecule has 7 nitrogen and oxygen atoms in total. The summed E-state index contributed by atoms with van der Waals surface area (Å²) in [6.45, 7) is 5.43. The molecule has 0 bridgehead atoms. The van der Waals surface area contributed by atoms with E-state index >= 15 is 0 Å². The first-order chi connectivity index (χ1) is 14.9. The van der Waals surface area contributed by atoms with Gasteiger partial charge in [0.15, 0.2) is 0 Å². The molecule has 0 unspecified atom stereocenters. The number of carbonyl (C=O) groups excluding carboxylic acids is 2. The van der Waals surface area contributed by atoms with E-state index in [-0.39, 0.29) is 30.9 Å². The highest BCUT2D eigenvalue weighted by molar-refractivity contribution is 9.10. The van der Waals surface area contributed by atoms with Crippen LogP contribution >= 0.6 is 15.9 Å². The minimum Gasteiger partial charge on any atom is -0.378 e. The van der Waals surface area contributed by atoms with Gasteiger partial charge in [-0.1, -0.05) is 28.1 Å². The Bertz CT molecular complexity index is 867. The van der Waals surface area contributed by atoms with Gasteiger partial charge in [0.1, 0.15) is 0 Å².